The molecule has 3 aromatic rings. The van der Waals surface area contributed by atoms with Crippen LogP contribution in [-0.2, 0) is 0 Å². The lowest BCUT2D eigenvalue weighted by atomic mass is 9.99. The molecule has 1 fully saturated rings. The van der Waals surface area contributed by atoms with Crippen LogP contribution in [0.25, 0.3) is 10.9 Å². The van der Waals surface area contributed by atoms with E-state index in [1.807, 2.05) is 30.0 Å². The smallest absolute Gasteiger partial charge is 0.272 e. The van der Waals surface area contributed by atoms with Gasteiger partial charge in [0.1, 0.15) is 11.5 Å². The topological polar surface area (TPSA) is 65.2 Å². The lowest BCUT2D eigenvalue weighted by molar-refractivity contribution is 0.0693. The third-order valence-corrected chi connectivity index (χ3v) is 5.58. The lowest BCUT2D eigenvalue weighted by Crippen LogP contribution is -2.38. The van der Waals surface area contributed by atoms with E-state index in [9.17, 15) is 14.0 Å². The molecule has 4 rings (SSSR count). The summed E-state index contributed by atoms with van der Waals surface area (Å²) in [6.45, 7) is 5.58. The van der Waals surface area contributed by atoms with E-state index >= 15 is 0 Å². The Morgan fingerprint density at radius 1 is 1.10 bits per heavy atom. The number of benzene rings is 2. The first-order chi connectivity index (χ1) is 13.9. The van der Waals surface area contributed by atoms with Crippen LogP contribution >= 0.6 is 0 Å². The van der Waals surface area contributed by atoms with Crippen molar-refractivity contribution in [3.63, 3.8) is 0 Å². The van der Waals surface area contributed by atoms with Gasteiger partial charge in [0.05, 0.1) is 5.69 Å². The van der Waals surface area contributed by atoms with E-state index in [0.717, 1.165) is 29.3 Å². The molecular formula is C23H24FN3O2. The number of halogens is 1. The van der Waals surface area contributed by atoms with Crippen LogP contribution in [0.15, 0.2) is 42.5 Å². The maximum atomic E-state index is 13.2. The van der Waals surface area contributed by atoms with Gasteiger partial charge in [0, 0.05) is 29.6 Å². The minimum Gasteiger partial charge on any atom is -0.349 e. The molecule has 2 N–H and O–H groups in total. The van der Waals surface area contributed by atoms with Crippen LogP contribution in [0.2, 0.25) is 0 Å². The largest absolute Gasteiger partial charge is 0.349 e. The van der Waals surface area contributed by atoms with Crippen LogP contribution in [0, 0.1) is 18.7 Å². The molecule has 0 radical (unpaired) electrons. The summed E-state index contributed by atoms with van der Waals surface area (Å²) < 4.78 is 13.2. The van der Waals surface area contributed by atoms with Gasteiger partial charge in [0.25, 0.3) is 11.8 Å². The van der Waals surface area contributed by atoms with Crippen molar-refractivity contribution in [1.29, 1.82) is 0 Å². The summed E-state index contributed by atoms with van der Waals surface area (Å²) >= 11 is 0. The molecule has 6 heteroatoms. The first-order valence-corrected chi connectivity index (χ1v) is 9.91. The van der Waals surface area contributed by atoms with Gasteiger partial charge < -0.3 is 15.2 Å². The van der Waals surface area contributed by atoms with Crippen molar-refractivity contribution in [3.05, 3.63) is 65.1 Å². The van der Waals surface area contributed by atoms with E-state index in [4.69, 9.17) is 0 Å². The van der Waals surface area contributed by atoms with Gasteiger partial charge in [-0.15, -0.1) is 0 Å². The Hall–Kier alpha value is -3.15. The molecule has 2 heterocycles. The molecule has 0 atom stereocenters. The van der Waals surface area contributed by atoms with E-state index in [2.05, 4.69) is 17.2 Å². The van der Waals surface area contributed by atoms with Crippen LogP contribution in [0.5, 0.6) is 0 Å². The quantitative estimate of drug-likeness (QED) is 0.675. The lowest BCUT2D eigenvalue weighted by Gasteiger charge is -2.30. The van der Waals surface area contributed by atoms with Gasteiger partial charge >= 0.3 is 0 Å². The minimum absolute atomic E-state index is 0.111. The number of fused-ring (bicyclic) bond motifs is 1. The van der Waals surface area contributed by atoms with Crippen molar-refractivity contribution in [3.8, 4) is 0 Å². The minimum atomic E-state index is -0.403. The van der Waals surface area contributed by atoms with Crippen molar-refractivity contribution in [2.45, 2.75) is 26.7 Å². The zero-order valence-corrected chi connectivity index (χ0v) is 16.6. The van der Waals surface area contributed by atoms with Crippen molar-refractivity contribution >= 4 is 28.4 Å². The number of nitrogens with zero attached hydrogens (tertiary/aromatic N) is 1. The van der Waals surface area contributed by atoms with E-state index < -0.39 is 5.82 Å². The molecule has 29 heavy (non-hydrogen) atoms. The molecule has 1 saturated heterocycles. The van der Waals surface area contributed by atoms with Crippen LogP contribution in [-0.4, -0.2) is 34.8 Å². The van der Waals surface area contributed by atoms with E-state index in [1.54, 1.807) is 0 Å². The highest BCUT2D eigenvalue weighted by Gasteiger charge is 2.27. The maximum absolute atomic E-state index is 13.2. The number of nitrogens with one attached hydrogen (secondary N) is 2. The predicted molar refractivity (Wildman–Crippen MR) is 112 cm³/mol. The number of H-pyrrole nitrogens is 1. The summed E-state index contributed by atoms with van der Waals surface area (Å²) in [5.41, 5.74) is 3.01. The maximum Gasteiger partial charge on any atom is 0.272 e. The average molecular weight is 393 g/mol. The number of likely N-dealkylation sites (tertiary alicyclic amines) is 1. The number of carbonyl (C=O) groups is 2. The summed E-state index contributed by atoms with van der Waals surface area (Å²) in [5.74, 6) is -0.282. The second-order valence-corrected chi connectivity index (χ2v) is 7.86. The highest BCUT2D eigenvalue weighted by Crippen LogP contribution is 2.31. The molecule has 0 saturated carbocycles. The Kier molecular flexibility index (Phi) is 5.09. The predicted octanol–water partition coefficient (Wildman–Crippen LogP) is 4.74. The van der Waals surface area contributed by atoms with Gasteiger partial charge in [0.2, 0.25) is 0 Å². The van der Waals surface area contributed by atoms with Gasteiger partial charge in [-0.1, -0.05) is 18.6 Å². The fourth-order valence-corrected chi connectivity index (χ4v) is 3.75. The number of aromatic amines is 1. The molecular weight excluding hydrogens is 369 g/mol. The van der Waals surface area contributed by atoms with E-state index in [-0.39, 0.29) is 11.8 Å². The van der Waals surface area contributed by atoms with Gasteiger partial charge in [-0.2, -0.15) is 0 Å². The van der Waals surface area contributed by atoms with Crippen LogP contribution < -0.4 is 5.32 Å². The number of carbonyl (C=O) groups excluding carboxylic acids is 2. The molecule has 2 aromatic carbocycles. The van der Waals surface area contributed by atoms with Crippen molar-refractivity contribution < 1.29 is 14.0 Å². The van der Waals surface area contributed by atoms with Crippen LogP contribution in [0.3, 0.4) is 0 Å². The first kappa shape index (κ1) is 19.2. The Balaban J connectivity index is 1.71. The third kappa shape index (κ3) is 3.88. The molecule has 1 aliphatic heterocycles. The number of anilines is 1. The molecule has 0 unspecified atom stereocenters. The fraction of sp³-hybridized carbons (Fsp3) is 0.304. The molecule has 0 bridgehead atoms. The second-order valence-electron chi connectivity index (χ2n) is 7.86. The van der Waals surface area contributed by atoms with Crippen molar-refractivity contribution in [2.24, 2.45) is 5.92 Å². The fourth-order valence-electron chi connectivity index (χ4n) is 3.75. The summed E-state index contributed by atoms with van der Waals surface area (Å²) in [7, 11) is 0. The van der Waals surface area contributed by atoms with Gasteiger partial charge in [-0.05, 0) is 62.1 Å². The molecule has 0 aliphatic carbocycles. The number of aryl methyl sites for hydroxylation is 1. The summed E-state index contributed by atoms with van der Waals surface area (Å²) in [6.07, 6.45) is 1.95. The summed E-state index contributed by atoms with van der Waals surface area (Å²) in [4.78, 5) is 31.1. The molecule has 150 valence electrons. The molecule has 1 aromatic heterocycles. The Morgan fingerprint density at radius 3 is 2.48 bits per heavy atom. The summed E-state index contributed by atoms with van der Waals surface area (Å²) in [6, 6.07) is 11.2. The number of rotatable bonds is 3. The van der Waals surface area contributed by atoms with Crippen LogP contribution in [0.1, 0.15) is 46.2 Å². The molecule has 5 nitrogen and oxygen atoms in total. The number of piperidine rings is 1. The monoisotopic (exact) mass is 393 g/mol. The zero-order valence-electron chi connectivity index (χ0n) is 16.6. The molecule has 2 amide bonds. The Bertz CT molecular complexity index is 1060. The standard InChI is InChI=1S/C23H24FN3O2/c1-14-9-11-27(12-10-14)23(29)21-20(18-13-15(2)3-8-19(18)25-21)26-22(28)16-4-6-17(24)7-5-16/h3-8,13-14,25H,9-12H2,1-2H3,(H,26,28). The van der Waals surface area contributed by atoms with E-state index in [0.29, 0.717) is 36.0 Å². The molecule has 1 aliphatic rings. The number of hydrogen-bond donors (Lipinski definition) is 2. The Labute approximate surface area is 168 Å². The van der Waals surface area contributed by atoms with Crippen molar-refractivity contribution in [1.82, 2.24) is 9.88 Å². The third-order valence-electron chi connectivity index (χ3n) is 5.58. The number of hydrogen-bond acceptors (Lipinski definition) is 2. The van der Waals surface area contributed by atoms with Gasteiger partial charge in [-0.25, -0.2) is 4.39 Å². The number of aromatic nitrogens is 1. The molecule has 0 spiro atoms. The highest BCUT2D eigenvalue weighted by atomic mass is 19.1. The Morgan fingerprint density at radius 2 is 1.79 bits per heavy atom. The SMILES string of the molecule is Cc1ccc2[nH]c(C(=O)N3CCC(C)CC3)c(NC(=O)c3ccc(F)cc3)c2c1. The zero-order chi connectivity index (χ0) is 20.5. The number of amides is 2. The van der Waals surface area contributed by atoms with Crippen LogP contribution in [0.4, 0.5) is 10.1 Å². The first-order valence-electron chi connectivity index (χ1n) is 9.91. The summed E-state index contributed by atoms with van der Waals surface area (Å²) in [5, 5.41) is 3.67. The average Bonchev–Trinajstić information content (AvgIpc) is 3.06. The normalized spacial score (nSPS) is 14.9. The van der Waals surface area contributed by atoms with Gasteiger partial charge in [0.15, 0.2) is 0 Å². The van der Waals surface area contributed by atoms with E-state index in [1.165, 1.54) is 24.3 Å². The second kappa shape index (κ2) is 7.70. The van der Waals surface area contributed by atoms with Gasteiger partial charge in [-0.3, -0.25) is 9.59 Å². The highest BCUT2D eigenvalue weighted by molar-refractivity contribution is 6.15. The van der Waals surface area contributed by atoms with Crippen molar-refractivity contribution in [2.75, 3.05) is 18.4 Å².